The number of carbonyl (C=O) groups is 2. The summed E-state index contributed by atoms with van der Waals surface area (Å²) in [7, 11) is 0. The topological polar surface area (TPSA) is 70.5 Å². The number of fused-ring (bicyclic) bond motifs is 2. The van der Waals surface area contributed by atoms with E-state index in [1.165, 1.54) is 0 Å². The van der Waals surface area contributed by atoms with Gasteiger partial charge in [-0.2, -0.15) is 0 Å². The van der Waals surface area contributed by atoms with Gasteiger partial charge in [0.05, 0.1) is 5.56 Å². The molecule has 1 aliphatic heterocycles. The fourth-order valence-corrected chi connectivity index (χ4v) is 4.27. The maximum absolute atomic E-state index is 13.0. The van der Waals surface area contributed by atoms with Crippen LogP contribution in [0.1, 0.15) is 29.6 Å². The van der Waals surface area contributed by atoms with Gasteiger partial charge in [-0.15, -0.1) is 0 Å². The number of rotatable bonds is 2. The molecule has 2 aliphatic rings. The molecule has 2 aromatic rings. The predicted molar refractivity (Wildman–Crippen MR) is 85.0 cm³/mol. The molecule has 0 spiro atoms. The van der Waals surface area contributed by atoms with Crippen molar-refractivity contribution in [2.45, 2.75) is 25.3 Å². The van der Waals surface area contributed by atoms with Gasteiger partial charge in [-0.25, -0.2) is 4.79 Å². The number of amides is 1. The SMILES string of the molecule is O=C(O)C1C2CCCC2CN1C(=O)c1cncc2ccccc12. The lowest BCUT2D eigenvalue weighted by Gasteiger charge is -2.24. The van der Waals surface area contributed by atoms with Crippen molar-refractivity contribution in [2.24, 2.45) is 11.8 Å². The third-order valence-corrected chi connectivity index (χ3v) is 5.30. The first-order chi connectivity index (χ1) is 11.2. The Morgan fingerprint density at radius 2 is 2.00 bits per heavy atom. The van der Waals surface area contributed by atoms with E-state index in [9.17, 15) is 14.7 Å². The molecule has 1 aromatic heterocycles. The third kappa shape index (κ3) is 2.19. The molecule has 5 nitrogen and oxygen atoms in total. The van der Waals surface area contributed by atoms with E-state index in [2.05, 4.69) is 4.98 Å². The zero-order valence-corrected chi connectivity index (χ0v) is 12.7. The molecule has 1 N–H and O–H groups in total. The van der Waals surface area contributed by atoms with Crippen LogP contribution in [-0.2, 0) is 4.79 Å². The number of likely N-dealkylation sites (tertiary alicyclic amines) is 1. The number of benzene rings is 1. The minimum Gasteiger partial charge on any atom is -0.480 e. The standard InChI is InChI=1S/C18H18N2O3/c21-17(15-9-19-8-11-4-1-2-6-13(11)15)20-10-12-5-3-7-14(12)16(20)18(22)23/h1-2,4,6,8-9,12,14,16H,3,5,7,10H2,(H,22,23). The summed E-state index contributed by atoms with van der Waals surface area (Å²) in [6.07, 6.45) is 6.26. The summed E-state index contributed by atoms with van der Waals surface area (Å²) in [6.45, 7) is 0.545. The second-order valence-electron chi connectivity index (χ2n) is 6.50. The van der Waals surface area contributed by atoms with E-state index in [1.807, 2.05) is 24.3 Å². The molecule has 1 amide bonds. The number of carboxylic acids is 1. The van der Waals surface area contributed by atoms with Gasteiger partial charge in [0, 0.05) is 24.3 Å². The molecule has 118 valence electrons. The van der Waals surface area contributed by atoms with Crippen LogP contribution < -0.4 is 0 Å². The van der Waals surface area contributed by atoms with Crippen LogP contribution in [0.4, 0.5) is 0 Å². The smallest absolute Gasteiger partial charge is 0.326 e. The molecular formula is C18H18N2O3. The van der Waals surface area contributed by atoms with Gasteiger partial charge in [-0.3, -0.25) is 9.78 Å². The average molecular weight is 310 g/mol. The molecule has 5 heteroatoms. The van der Waals surface area contributed by atoms with E-state index in [1.54, 1.807) is 17.3 Å². The first-order valence-corrected chi connectivity index (χ1v) is 8.03. The van der Waals surface area contributed by atoms with E-state index in [0.29, 0.717) is 18.0 Å². The van der Waals surface area contributed by atoms with Gasteiger partial charge in [-0.1, -0.05) is 30.7 Å². The van der Waals surface area contributed by atoms with Crippen LogP contribution in [-0.4, -0.2) is 39.5 Å². The Balaban J connectivity index is 1.74. The largest absolute Gasteiger partial charge is 0.480 e. The molecule has 4 rings (SSSR count). The molecule has 2 fully saturated rings. The molecule has 0 bridgehead atoms. The summed E-state index contributed by atoms with van der Waals surface area (Å²) < 4.78 is 0. The zero-order chi connectivity index (χ0) is 16.0. The summed E-state index contributed by atoms with van der Waals surface area (Å²) in [4.78, 5) is 30.5. The second kappa shape index (κ2) is 5.33. The van der Waals surface area contributed by atoms with Crippen molar-refractivity contribution in [2.75, 3.05) is 6.54 Å². The van der Waals surface area contributed by atoms with Gasteiger partial charge in [0.1, 0.15) is 6.04 Å². The molecule has 2 heterocycles. The Morgan fingerprint density at radius 1 is 1.17 bits per heavy atom. The maximum atomic E-state index is 13.0. The highest BCUT2D eigenvalue weighted by atomic mass is 16.4. The van der Waals surface area contributed by atoms with Crippen molar-refractivity contribution in [3.8, 4) is 0 Å². The van der Waals surface area contributed by atoms with E-state index in [0.717, 1.165) is 30.0 Å². The number of hydrogen-bond donors (Lipinski definition) is 1. The first kappa shape index (κ1) is 14.2. The molecule has 1 aliphatic carbocycles. The number of carbonyl (C=O) groups excluding carboxylic acids is 1. The van der Waals surface area contributed by atoms with Crippen LogP contribution in [0.2, 0.25) is 0 Å². The van der Waals surface area contributed by atoms with Crippen molar-refractivity contribution in [3.05, 3.63) is 42.2 Å². The first-order valence-electron chi connectivity index (χ1n) is 8.03. The van der Waals surface area contributed by atoms with E-state index in [-0.39, 0.29) is 11.8 Å². The average Bonchev–Trinajstić information content (AvgIpc) is 3.13. The molecular weight excluding hydrogens is 292 g/mol. The highest BCUT2D eigenvalue weighted by Gasteiger charge is 2.49. The van der Waals surface area contributed by atoms with Gasteiger partial charge in [0.2, 0.25) is 0 Å². The van der Waals surface area contributed by atoms with Crippen LogP contribution in [0.25, 0.3) is 10.8 Å². The number of pyridine rings is 1. The molecule has 3 atom stereocenters. The molecule has 1 aromatic carbocycles. The molecule has 1 saturated heterocycles. The highest BCUT2D eigenvalue weighted by Crippen LogP contribution is 2.43. The minimum atomic E-state index is -0.888. The summed E-state index contributed by atoms with van der Waals surface area (Å²) in [5.74, 6) is -0.681. The monoisotopic (exact) mass is 310 g/mol. The van der Waals surface area contributed by atoms with Crippen molar-refractivity contribution < 1.29 is 14.7 Å². The molecule has 1 saturated carbocycles. The van der Waals surface area contributed by atoms with Crippen molar-refractivity contribution >= 4 is 22.6 Å². The van der Waals surface area contributed by atoms with E-state index >= 15 is 0 Å². The quantitative estimate of drug-likeness (QED) is 0.925. The Kier molecular flexibility index (Phi) is 3.29. The third-order valence-electron chi connectivity index (χ3n) is 5.30. The number of hydrogen-bond acceptors (Lipinski definition) is 3. The lowest BCUT2D eigenvalue weighted by atomic mass is 9.94. The van der Waals surface area contributed by atoms with Crippen molar-refractivity contribution in [1.82, 2.24) is 9.88 Å². The molecule has 3 unspecified atom stereocenters. The van der Waals surface area contributed by atoms with Gasteiger partial charge in [0.25, 0.3) is 5.91 Å². The fraction of sp³-hybridized carbons (Fsp3) is 0.389. The van der Waals surface area contributed by atoms with Crippen LogP contribution in [0, 0.1) is 11.8 Å². The highest BCUT2D eigenvalue weighted by molar-refractivity contribution is 6.07. The lowest BCUT2D eigenvalue weighted by Crippen LogP contribution is -2.43. The lowest BCUT2D eigenvalue weighted by molar-refractivity contribution is -0.142. The molecule has 23 heavy (non-hydrogen) atoms. The second-order valence-corrected chi connectivity index (χ2v) is 6.50. The van der Waals surface area contributed by atoms with Crippen molar-refractivity contribution in [3.63, 3.8) is 0 Å². The Labute approximate surface area is 133 Å². The van der Waals surface area contributed by atoms with Gasteiger partial charge >= 0.3 is 5.97 Å². The van der Waals surface area contributed by atoms with Gasteiger partial charge < -0.3 is 10.0 Å². The number of aliphatic carboxylic acids is 1. The summed E-state index contributed by atoms with van der Waals surface area (Å²) in [5, 5.41) is 11.4. The molecule has 0 radical (unpaired) electrons. The predicted octanol–water partition coefficient (Wildman–Crippen LogP) is 2.56. The summed E-state index contributed by atoms with van der Waals surface area (Å²) >= 11 is 0. The van der Waals surface area contributed by atoms with Crippen LogP contribution in [0.5, 0.6) is 0 Å². The van der Waals surface area contributed by atoms with Gasteiger partial charge in [0.15, 0.2) is 0 Å². The maximum Gasteiger partial charge on any atom is 0.326 e. The van der Waals surface area contributed by atoms with Crippen LogP contribution >= 0.6 is 0 Å². The summed E-state index contributed by atoms with van der Waals surface area (Å²) in [5.41, 5.74) is 0.495. The van der Waals surface area contributed by atoms with E-state index in [4.69, 9.17) is 0 Å². The zero-order valence-electron chi connectivity index (χ0n) is 12.7. The minimum absolute atomic E-state index is 0.0967. The van der Waals surface area contributed by atoms with E-state index < -0.39 is 12.0 Å². The van der Waals surface area contributed by atoms with Crippen LogP contribution in [0.15, 0.2) is 36.7 Å². The van der Waals surface area contributed by atoms with Gasteiger partial charge in [-0.05, 0) is 30.1 Å². The van der Waals surface area contributed by atoms with Crippen LogP contribution in [0.3, 0.4) is 0 Å². The number of carboxylic acid groups (broad SMARTS) is 1. The number of aromatic nitrogens is 1. The Bertz CT molecular complexity index is 783. The fourth-order valence-electron chi connectivity index (χ4n) is 4.27. The Morgan fingerprint density at radius 3 is 2.83 bits per heavy atom. The summed E-state index contributed by atoms with van der Waals surface area (Å²) in [6, 6.07) is 6.88. The number of nitrogens with zero attached hydrogens (tertiary/aromatic N) is 2. The normalized spacial score (nSPS) is 26.4. The van der Waals surface area contributed by atoms with Crippen molar-refractivity contribution in [1.29, 1.82) is 0 Å². The Hall–Kier alpha value is -2.43.